The molecule has 0 aliphatic heterocycles. The molecule has 0 heterocycles. The van der Waals surface area contributed by atoms with Gasteiger partial charge < -0.3 is 4.84 Å². The first-order valence-electron chi connectivity index (χ1n) is 5.32. The average Bonchev–Trinajstić information content (AvgIpc) is 2.30. The van der Waals surface area contributed by atoms with Gasteiger partial charge in [-0.1, -0.05) is 43.0 Å². The summed E-state index contributed by atoms with van der Waals surface area (Å²) < 4.78 is 0. The lowest BCUT2D eigenvalue weighted by atomic mass is 10.1. The molecule has 0 aromatic heterocycles. The maximum Gasteiger partial charge on any atom is 0.294 e. The summed E-state index contributed by atoms with van der Waals surface area (Å²) in [6.45, 7) is 5.69. The Kier molecular flexibility index (Phi) is 4.94. The molecule has 1 aromatic rings. The van der Waals surface area contributed by atoms with Crippen LogP contribution in [0.2, 0.25) is 0 Å². The third kappa shape index (κ3) is 4.10. The molecule has 4 nitrogen and oxygen atoms in total. The molecule has 0 saturated heterocycles. The van der Waals surface area contributed by atoms with Crippen LogP contribution in [0, 0.1) is 10.1 Å². The van der Waals surface area contributed by atoms with Crippen molar-refractivity contribution in [2.45, 2.75) is 13.3 Å². The molecule has 0 bridgehead atoms. The first kappa shape index (κ1) is 13.0. The normalized spacial score (nSPS) is 12.5. The fourth-order valence-electron chi connectivity index (χ4n) is 1.55. The van der Waals surface area contributed by atoms with E-state index >= 15 is 0 Å². The van der Waals surface area contributed by atoms with Crippen LogP contribution in [-0.2, 0) is 11.3 Å². The van der Waals surface area contributed by atoms with Gasteiger partial charge in [0.05, 0.1) is 0 Å². The van der Waals surface area contributed by atoms with Crippen molar-refractivity contribution in [1.82, 2.24) is 0 Å². The summed E-state index contributed by atoms with van der Waals surface area (Å²) in [5, 5.41) is 11.4. The SMILES string of the molecule is C=C/C=c1/ccc(CCO[N+](=O)[O-])c/c1=C/C. The van der Waals surface area contributed by atoms with E-state index < -0.39 is 5.09 Å². The lowest BCUT2D eigenvalue weighted by Gasteiger charge is -2.00. The molecular weight excluding hydrogens is 218 g/mol. The number of nitrogens with zero attached hydrogens (tertiary/aromatic N) is 1. The first-order chi connectivity index (χ1) is 8.17. The van der Waals surface area contributed by atoms with Crippen molar-refractivity contribution in [3.05, 3.63) is 57.0 Å². The topological polar surface area (TPSA) is 52.4 Å². The van der Waals surface area contributed by atoms with Crippen LogP contribution in [0.3, 0.4) is 0 Å². The van der Waals surface area contributed by atoms with Gasteiger partial charge in [0.1, 0.15) is 6.61 Å². The molecule has 0 fully saturated rings. The minimum Gasteiger partial charge on any atom is -0.314 e. The van der Waals surface area contributed by atoms with Crippen molar-refractivity contribution in [2.24, 2.45) is 0 Å². The Morgan fingerprint density at radius 1 is 1.47 bits per heavy atom. The van der Waals surface area contributed by atoms with E-state index in [2.05, 4.69) is 11.4 Å². The van der Waals surface area contributed by atoms with Crippen molar-refractivity contribution in [3.8, 4) is 0 Å². The van der Waals surface area contributed by atoms with Crippen molar-refractivity contribution in [1.29, 1.82) is 0 Å². The highest BCUT2D eigenvalue weighted by Crippen LogP contribution is 1.95. The summed E-state index contributed by atoms with van der Waals surface area (Å²) in [7, 11) is 0. The Morgan fingerprint density at radius 3 is 2.82 bits per heavy atom. The predicted octanol–water partition coefficient (Wildman–Crippen LogP) is 1.20. The van der Waals surface area contributed by atoms with Crippen LogP contribution >= 0.6 is 0 Å². The number of hydrogen-bond acceptors (Lipinski definition) is 3. The maximum absolute atomic E-state index is 10.0. The van der Waals surface area contributed by atoms with Gasteiger partial charge in [0.25, 0.3) is 5.09 Å². The fraction of sp³-hybridized carbons (Fsp3) is 0.231. The van der Waals surface area contributed by atoms with E-state index in [1.165, 1.54) is 0 Å². The molecule has 17 heavy (non-hydrogen) atoms. The molecular formula is C13H15NO3. The zero-order chi connectivity index (χ0) is 12.7. The van der Waals surface area contributed by atoms with Crippen LogP contribution in [0.25, 0.3) is 12.2 Å². The van der Waals surface area contributed by atoms with Crippen LogP contribution in [0.5, 0.6) is 0 Å². The fourth-order valence-corrected chi connectivity index (χ4v) is 1.55. The molecule has 0 spiro atoms. The first-order valence-corrected chi connectivity index (χ1v) is 5.32. The Labute approximate surface area is 99.6 Å². The average molecular weight is 233 g/mol. The summed E-state index contributed by atoms with van der Waals surface area (Å²) >= 11 is 0. The second kappa shape index (κ2) is 6.48. The number of benzene rings is 1. The van der Waals surface area contributed by atoms with E-state index in [0.29, 0.717) is 6.42 Å². The quantitative estimate of drug-likeness (QED) is 0.567. The molecule has 0 unspecified atom stereocenters. The van der Waals surface area contributed by atoms with Gasteiger partial charge in [-0.2, -0.15) is 0 Å². The molecule has 4 heteroatoms. The highest BCUT2D eigenvalue weighted by molar-refractivity contribution is 5.39. The smallest absolute Gasteiger partial charge is 0.294 e. The Hall–Kier alpha value is -2.10. The molecule has 1 rings (SSSR count). The van der Waals surface area contributed by atoms with Gasteiger partial charge in [0.15, 0.2) is 0 Å². The molecule has 0 atom stereocenters. The second-order valence-corrected chi connectivity index (χ2v) is 3.46. The largest absolute Gasteiger partial charge is 0.314 e. The van der Waals surface area contributed by atoms with Crippen molar-refractivity contribution in [3.63, 3.8) is 0 Å². The summed E-state index contributed by atoms with van der Waals surface area (Å²) in [5.41, 5.74) is 1.01. The summed E-state index contributed by atoms with van der Waals surface area (Å²) in [5.74, 6) is 0. The monoisotopic (exact) mass is 233 g/mol. The lowest BCUT2D eigenvalue weighted by molar-refractivity contribution is -0.757. The maximum atomic E-state index is 10.0. The molecule has 0 N–H and O–H groups in total. The van der Waals surface area contributed by atoms with Crippen LogP contribution < -0.4 is 10.4 Å². The van der Waals surface area contributed by atoms with Gasteiger partial charge in [-0.25, -0.2) is 0 Å². The van der Waals surface area contributed by atoms with E-state index in [1.807, 2.05) is 37.3 Å². The van der Waals surface area contributed by atoms with Gasteiger partial charge in [-0.15, -0.1) is 10.1 Å². The highest BCUT2D eigenvalue weighted by atomic mass is 16.9. The highest BCUT2D eigenvalue weighted by Gasteiger charge is 1.97. The minimum atomic E-state index is -0.771. The van der Waals surface area contributed by atoms with E-state index in [9.17, 15) is 10.1 Å². The Morgan fingerprint density at radius 2 is 2.24 bits per heavy atom. The molecule has 1 aromatic carbocycles. The van der Waals surface area contributed by atoms with E-state index in [4.69, 9.17) is 0 Å². The van der Waals surface area contributed by atoms with Crippen LogP contribution in [0.4, 0.5) is 0 Å². The van der Waals surface area contributed by atoms with Gasteiger partial charge in [-0.05, 0) is 29.3 Å². The van der Waals surface area contributed by atoms with Gasteiger partial charge in [0.2, 0.25) is 0 Å². The number of rotatable bonds is 5. The predicted molar refractivity (Wildman–Crippen MR) is 67.1 cm³/mol. The van der Waals surface area contributed by atoms with Crippen molar-refractivity contribution >= 4 is 12.2 Å². The van der Waals surface area contributed by atoms with Crippen molar-refractivity contribution < 1.29 is 9.92 Å². The van der Waals surface area contributed by atoms with Crippen LogP contribution in [0.15, 0.2) is 30.9 Å². The third-order valence-corrected chi connectivity index (χ3v) is 2.35. The molecule has 0 radical (unpaired) electrons. The zero-order valence-electron chi connectivity index (χ0n) is 9.76. The van der Waals surface area contributed by atoms with E-state index in [1.54, 1.807) is 6.08 Å². The molecule has 0 aliphatic rings. The van der Waals surface area contributed by atoms with Gasteiger partial charge in [0, 0.05) is 0 Å². The van der Waals surface area contributed by atoms with Crippen LogP contribution in [-0.4, -0.2) is 11.7 Å². The molecule has 0 aliphatic carbocycles. The van der Waals surface area contributed by atoms with E-state index in [0.717, 1.165) is 16.0 Å². The Balaban J connectivity index is 2.88. The van der Waals surface area contributed by atoms with Crippen molar-refractivity contribution in [2.75, 3.05) is 6.61 Å². The minimum absolute atomic E-state index is 0.0840. The van der Waals surface area contributed by atoms with E-state index in [-0.39, 0.29) is 6.61 Å². The van der Waals surface area contributed by atoms with Crippen LogP contribution in [0.1, 0.15) is 12.5 Å². The Bertz CT molecular complexity index is 520. The standard InChI is InChI=1S/C13H15NO3/c1-3-5-13-7-6-11(10-12(13)4-2)8-9-17-14(15)16/h3-7,10H,1,8-9H2,2H3/b12-4-,13-5-. The zero-order valence-corrected chi connectivity index (χ0v) is 9.76. The molecule has 0 saturated carbocycles. The van der Waals surface area contributed by atoms with Gasteiger partial charge in [-0.3, -0.25) is 0 Å². The molecule has 0 amide bonds. The third-order valence-electron chi connectivity index (χ3n) is 2.35. The molecule has 90 valence electrons. The van der Waals surface area contributed by atoms with Gasteiger partial charge >= 0.3 is 0 Å². The lowest BCUT2D eigenvalue weighted by Crippen LogP contribution is -2.24. The summed E-state index contributed by atoms with van der Waals surface area (Å²) in [6, 6.07) is 5.91. The summed E-state index contributed by atoms with van der Waals surface area (Å²) in [4.78, 5) is 14.3. The number of allylic oxidation sites excluding steroid dienone is 1. The summed E-state index contributed by atoms with van der Waals surface area (Å²) in [6.07, 6.45) is 6.17. The number of hydrogen-bond donors (Lipinski definition) is 0. The second-order valence-electron chi connectivity index (χ2n) is 3.46.